The van der Waals surface area contributed by atoms with Crippen LogP contribution in [0.15, 0.2) is 60.7 Å². The van der Waals surface area contributed by atoms with Gasteiger partial charge in [0.05, 0.1) is 6.54 Å². The quantitative estimate of drug-likeness (QED) is 0.157. The first-order chi connectivity index (χ1) is 19.8. The average Bonchev–Trinajstić information content (AvgIpc) is 2.91. The van der Waals surface area contributed by atoms with Crippen LogP contribution in [0.1, 0.15) is 31.5 Å². The van der Waals surface area contributed by atoms with Crippen LogP contribution in [-0.2, 0) is 16.0 Å². The van der Waals surface area contributed by atoms with Gasteiger partial charge in [0.2, 0.25) is 11.9 Å². The zero-order valence-electron chi connectivity index (χ0n) is 23.5. The number of aryl methyl sites for hydroxylation is 1. The summed E-state index contributed by atoms with van der Waals surface area (Å²) in [5.41, 5.74) is 1.81. The number of ether oxygens (including phenoxy) is 1. The highest BCUT2D eigenvalue weighted by atomic mass is 19.4. The van der Waals surface area contributed by atoms with Gasteiger partial charge in [-0.1, -0.05) is 44.2 Å². The summed E-state index contributed by atoms with van der Waals surface area (Å²) >= 11 is 0. The lowest BCUT2D eigenvalue weighted by Gasteiger charge is -2.21. The van der Waals surface area contributed by atoms with Gasteiger partial charge < -0.3 is 25.8 Å². The largest absolute Gasteiger partial charge is 0.492 e. The fourth-order valence-corrected chi connectivity index (χ4v) is 3.56. The zero-order valence-corrected chi connectivity index (χ0v) is 23.5. The van der Waals surface area contributed by atoms with Crippen LogP contribution in [0, 0.1) is 18.7 Å². The summed E-state index contributed by atoms with van der Waals surface area (Å²) < 4.78 is 50.5. The third-order valence-corrected chi connectivity index (χ3v) is 5.47. The monoisotopic (exact) mass is 593 g/mol. The van der Waals surface area contributed by atoms with E-state index in [4.69, 9.17) is 14.6 Å². The highest BCUT2D eigenvalue weighted by Crippen LogP contribution is 2.16. The molecular weight excluding hydrogens is 558 g/mol. The van der Waals surface area contributed by atoms with E-state index in [-0.39, 0.29) is 11.7 Å². The molecule has 13 heteroatoms. The predicted octanol–water partition coefficient (Wildman–Crippen LogP) is 5.23. The molecule has 1 amide bonds. The number of nitrogens with one attached hydrogen (secondary N) is 3. The average molecular weight is 594 g/mol. The fourth-order valence-electron chi connectivity index (χ4n) is 3.56. The van der Waals surface area contributed by atoms with E-state index in [9.17, 15) is 22.4 Å². The third kappa shape index (κ3) is 13.3. The van der Waals surface area contributed by atoms with Gasteiger partial charge in [0.15, 0.2) is 0 Å². The van der Waals surface area contributed by atoms with Gasteiger partial charge in [0.25, 0.3) is 0 Å². The van der Waals surface area contributed by atoms with E-state index in [1.54, 1.807) is 12.1 Å². The zero-order chi connectivity index (χ0) is 31.1. The SMILES string of the molecule is Cc1cc(N[C@@H](CC(C)C)C(=O)NCCOc2ccccc2)nc(NCCc2ccc(F)cc2)n1.O=C(O)C(F)(F)F. The summed E-state index contributed by atoms with van der Waals surface area (Å²) in [6.45, 7) is 7.44. The van der Waals surface area contributed by atoms with E-state index < -0.39 is 18.2 Å². The number of hydrogen-bond donors (Lipinski definition) is 4. The molecule has 228 valence electrons. The summed E-state index contributed by atoms with van der Waals surface area (Å²) in [6.07, 6.45) is -3.72. The normalized spacial score (nSPS) is 11.6. The maximum atomic E-state index is 13.1. The molecule has 1 heterocycles. The minimum absolute atomic E-state index is 0.0996. The van der Waals surface area contributed by atoms with Crippen molar-refractivity contribution < 1.29 is 37.0 Å². The molecule has 0 saturated heterocycles. The van der Waals surface area contributed by atoms with E-state index in [1.165, 1.54) is 12.1 Å². The summed E-state index contributed by atoms with van der Waals surface area (Å²) in [5.74, 6) is -0.949. The van der Waals surface area contributed by atoms with Crippen molar-refractivity contribution in [2.75, 3.05) is 30.3 Å². The van der Waals surface area contributed by atoms with Gasteiger partial charge in [-0.25, -0.2) is 14.2 Å². The van der Waals surface area contributed by atoms with Crippen LogP contribution in [0.2, 0.25) is 0 Å². The van der Waals surface area contributed by atoms with Gasteiger partial charge in [-0.15, -0.1) is 0 Å². The Kier molecular flexibility index (Phi) is 13.5. The Morgan fingerprint density at radius 2 is 1.64 bits per heavy atom. The summed E-state index contributed by atoms with van der Waals surface area (Å²) in [7, 11) is 0. The molecule has 1 atom stereocenters. The first kappa shape index (κ1) is 33.8. The first-order valence-corrected chi connectivity index (χ1v) is 13.2. The Morgan fingerprint density at radius 1 is 1.00 bits per heavy atom. The molecular formula is C29H35F4N5O4. The van der Waals surface area contributed by atoms with Crippen LogP contribution >= 0.6 is 0 Å². The lowest BCUT2D eigenvalue weighted by atomic mass is 10.0. The predicted molar refractivity (Wildman–Crippen MR) is 151 cm³/mol. The summed E-state index contributed by atoms with van der Waals surface area (Å²) in [4.78, 5) is 30.8. The molecule has 0 bridgehead atoms. The number of carboxylic acids is 1. The highest BCUT2D eigenvalue weighted by Gasteiger charge is 2.38. The maximum absolute atomic E-state index is 13.1. The van der Waals surface area contributed by atoms with Crippen LogP contribution in [0.25, 0.3) is 0 Å². The van der Waals surface area contributed by atoms with E-state index in [0.29, 0.717) is 50.2 Å². The number of carboxylic acid groups (broad SMARTS) is 1. The molecule has 1 aromatic heterocycles. The second-order valence-corrected chi connectivity index (χ2v) is 9.60. The van der Waals surface area contributed by atoms with Crippen molar-refractivity contribution in [2.45, 2.75) is 45.8 Å². The van der Waals surface area contributed by atoms with Crippen molar-refractivity contribution in [1.82, 2.24) is 15.3 Å². The Balaban J connectivity index is 0.000000782. The van der Waals surface area contributed by atoms with Crippen molar-refractivity contribution in [3.8, 4) is 5.75 Å². The van der Waals surface area contributed by atoms with Gasteiger partial charge in [-0.05, 0) is 55.5 Å². The standard InChI is InChI=1S/C27H34FN5O2.C2HF3O2/c1-19(2)17-24(26(34)29-15-16-35-23-7-5-4-6-8-23)32-25-18-20(3)31-27(33-25)30-14-13-21-9-11-22(28)12-10-21;3-2(4,5)1(6)7/h4-12,18-19,24H,13-17H2,1-3H3,(H,29,34)(H2,30,31,32,33);(H,6,7)/t24-;/m0./s1. The second kappa shape index (κ2) is 16.7. The van der Waals surface area contributed by atoms with Crippen LogP contribution in [0.5, 0.6) is 5.75 Å². The molecule has 9 nitrogen and oxygen atoms in total. The van der Waals surface area contributed by atoms with Crippen LogP contribution in [0.3, 0.4) is 0 Å². The highest BCUT2D eigenvalue weighted by molar-refractivity contribution is 5.84. The van der Waals surface area contributed by atoms with E-state index in [1.807, 2.05) is 43.3 Å². The summed E-state index contributed by atoms with van der Waals surface area (Å²) in [6, 6.07) is 17.3. The second-order valence-electron chi connectivity index (χ2n) is 9.60. The molecule has 0 radical (unpaired) electrons. The number of benzene rings is 2. The lowest BCUT2D eigenvalue weighted by molar-refractivity contribution is -0.192. The number of nitrogens with zero attached hydrogens (tertiary/aromatic N) is 2. The topological polar surface area (TPSA) is 125 Å². The van der Waals surface area contributed by atoms with E-state index >= 15 is 0 Å². The van der Waals surface area contributed by atoms with Crippen molar-refractivity contribution in [3.05, 3.63) is 77.7 Å². The number of halogens is 4. The molecule has 2 aromatic carbocycles. The molecule has 0 unspecified atom stereocenters. The molecule has 0 aliphatic carbocycles. The molecule has 0 aliphatic rings. The third-order valence-electron chi connectivity index (χ3n) is 5.47. The number of rotatable bonds is 13. The molecule has 0 aliphatic heterocycles. The van der Waals surface area contributed by atoms with E-state index in [2.05, 4.69) is 39.8 Å². The minimum atomic E-state index is -5.08. The van der Waals surface area contributed by atoms with Crippen LogP contribution < -0.4 is 20.7 Å². The molecule has 0 saturated carbocycles. The molecule has 3 rings (SSSR count). The molecule has 4 N–H and O–H groups in total. The van der Waals surface area contributed by atoms with Crippen molar-refractivity contribution >= 4 is 23.6 Å². The Hall–Kier alpha value is -4.42. The number of carbonyl (C=O) groups is 2. The smallest absolute Gasteiger partial charge is 0.490 e. The van der Waals surface area contributed by atoms with Crippen molar-refractivity contribution in [3.63, 3.8) is 0 Å². The molecule has 42 heavy (non-hydrogen) atoms. The van der Waals surface area contributed by atoms with Gasteiger partial charge >= 0.3 is 12.1 Å². The van der Waals surface area contributed by atoms with Crippen molar-refractivity contribution in [2.24, 2.45) is 5.92 Å². The lowest BCUT2D eigenvalue weighted by Crippen LogP contribution is -2.42. The fraction of sp³-hybridized carbons (Fsp3) is 0.379. The number of aliphatic carboxylic acids is 1. The Bertz CT molecular complexity index is 1260. The maximum Gasteiger partial charge on any atom is 0.490 e. The van der Waals surface area contributed by atoms with E-state index in [0.717, 1.165) is 17.0 Å². The Morgan fingerprint density at radius 3 is 2.24 bits per heavy atom. The Labute approximate surface area is 241 Å². The molecule has 0 fully saturated rings. The number of amides is 1. The van der Waals surface area contributed by atoms with Gasteiger partial charge in [0, 0.05) is 18.3 Å². The molecule has 3 aromatic rings. The molecule has 0 spiro atoms. The number of alkyl halides is 3. The van der Waals surface area contributed by atoms with Gasteiger partial charge in [-0.2, -0.15) is 18.2 Å². The number of para-hydroxylation sites is 1. The first-order valence-electron chi connectivity index (χ1n) is 13.2. The van der Waals surface area contributed by atoms with Gasteiger partial charge in [-0.3, -0.25) is 4.79 Å². The summed E-state index contributed by atoms with van der Waals surface area (Å²) in [5, 5.41) is 16.6. The minimum Gasteiger partial charge on any atom is -0.492 e. The van der Waals surface area contributed by atoms with Crippen LogP contribution in [-0.4, -0.2) is 58.9 Å². The number of carbonyl (C=O) groups excluding carboxylic acids is 1. The number of anilines is 2. The van der Waals surface area contributed by atoms with Crippen molar-refractivity contribution in [1.29, 1.82) is 0 Å². The van der Waals surface area contributed by atoms with Crippen LogP contribution in [0.4, 0.5) is 29.3 Å². The number of hydrogen-bond acceptors (Lipinski definition) is 7. The van der Waals surface area contributed by atoms with Gasteiger partial charge in [0.1, 0.15) is 30.0 Å². The number of aromatic nitrogens is 2.